The van der Waals surface area contributed by atoms with Crippen LogP contribution in [0.15, 0.2) is 6.20 Å². The smallest absolute Gasteiger partial charge is 0.254 e. The summed E-state index contributed by atoms with van der Waals surface area (Å²) in [6, 6.07) is 0. The first-order valence-electron chi connectivity index (χ1n) is 7.10. The van der Waals surface area contributed by atoms with Gasteiger partial charge >= 0.3 is 0 Å². The first-order chi connectivity index (χ1) is 9.11. The highest BCUT2D eigenvalue weighted by molar-refractivity contribution is 5.95. The number of aliphatic hydroxyl groups excluding tert-OH is 1. The van der Waals surface area contributed by atoms with Crippen molar-refractivity contribution in [2.45, 2.75) is 45.1 Å². The van der Waals surface area contributed by atoms with Crippen molar-refractivity contribution in [3.63, 3.8) is 0 Å². The van der Waals surface area contributed by atoms with E-state index in [0.717, 1.165) is 25.0 Å². The van der Waals surface area contributed by atoms with Crippen LogP contribution in [0.4, 0.5) is 0 Å². The average molecular weight is 265 g/mol. The van der Waals surface area contributed by atoms with Gasteiger partial charge in [-0.3, -0.25) is 9.48 Å². The van der Waals surface area contributed by atoms with Gasteiger partial charge in [0, 0.05) is 19.8 Å². The molecule has 0 bridgehead atoms. The van der Waals surface area contributed by atoms with Gasteiger partial charge < -0.3 is 10.4 Å². The Morgan fingerprint density at radius 2 is 2.26 bits per heavy atom. The van der Waals surface area contributed by atoms with Gasteiger partial charge in [-0.1, -0.05) is 19.8 Å². The van der Waals surface area contributed by atoms with Crippen molar-refractivity contribution in [2.24, 2.45) is 13.0 Å². The lowest BCUT2D eigenvalue weighted by Gasteiger charge is -2.17. The molecule has 1 aromatic heterocycles. The summed E-state index contributed by atoms with van der Waals surface area (Å²) in [5.74, 6) is 0.210. The predicted molar refractivity (Wildman–Crippen MR) is 72.9 cm³/mol. The number of hydrogen-bond acceptors (Lipinski definition) is 3. The van der Waals surface area contributed by atoms with E-state index in [9.17, 15) is 9.90 Å². The fourth-order valence-corrected chi connectivity index (χ4v) is 2.79. The molecule has 1 aliphatic carbocycles. The van der Waals surface area contributed by atoms with Crippen LogP contribution in [-0.4, -0.2) is 33.4 Å². The van der Waals surface area contributed by atoms with Crippen LogP contribution < -0.4 is 5.32 Å². The summed E-state index contributed by atoms with van der Waals surface area (Å²) in [5.41, 5.74) is 1.42. The number of amides is 1. The Morgan fingerprint density at radius 3 is 2.89 bits per heavy atom. The third-order valence-corrected chi connectivity index (χ3v) is 3.90. The van der Waals surface area contributed by atoms with Crippen LogP contribution in [0.3, 0.4) is 0 Å². The van der Waals surface area contributed by atoms with E-state index >= 15 is 0 Å². The number of nitrogens with zero attached hydrogens (tertiary/aromatic N) is 2. The Balaban J connectivity index is 1.89. The van der Waals surface area contributed by atoms with Gasteiger partial charge in [0.05, 0.1) is 17.4 Å². The minimum atomic E-state index is -0.423. The summed E-state index contributed by atoms with van der Waals surface area (Å²) < 4.78 is 1.65. The molecular formula is C14H23N3O2. The quantitative estimate of drug-likeness (QED) is 0.842. The molecular weight excluding hydrogens is 242 g/mol. The van der Waals surface area contributed by atoms with Crippen LogP contribution >= 0.6 is 0 Å². The second-order valence-corrected chi connectivity index (χ2v) is 5.34. The molecule has 5 nitrogen and oxygen atoms in total. The predicted octanol–water partition coefficient (Wildman–Crippen LogP) is 1.26. The number of rotatable bonds is 5. The lowest BCUT2D eigenvalue weighted by molar-refractivity contribution is 0.0840. The van der Waals surface area contributed by atoms with Crippen LogP contribution in [0.5, 0.6) is 0 Å². The summed E-state index contributed by atoms with van der Waals surface area (Å²) in [4.78, 5) is 12.1. The lowest BCUT2D eigenvalue weighted by atomic mass is 10.0. The van der Waals surface area contributed by atoms with E-state index in [1.54, 1.807) is 10.9 Å². The molecule has 19 heavy (non-hydrogen) atoms. The van der Waals surface area contributed by atoms with Gasteiger partial charge in [-0.25, -0.2) is 0 Å². The van der Waals surface area contributed by atoms with Crippen LogP contribution in [0.2, 0.25) is 0 Å². The second kappa shape index (κ2) is 6.19. The number of aromatic nitrogens is 2. The monoisotopic (exact) mass is 265 g/mol. The highest BCUT2D eigenvalue weighted by Gasteiger charge is 2.24. The average Bonchev–Trinajstić information content (AvgIpc) is 3.04. The van der Waals surface area contributed by atoms with Gasteiger partial charge in [0.15, 0.2) is 0 Å². The SMILES string of the molecule is CCc1nn(C)cc1C(=O)NCC(O)C1CCCC1. The molecule has 1 fully saturated rings. The summed E-state index contributed by atoms with van der Waals surface area (Å²) in [5, 5.41) is 17.1. The number of carbonyl (C=O) groups excluding carboxylic acids is 1. The summed E-state index contributed by atoms with van der Waals surface area (Å²) in [6.45, 7) is 2.31. The van der Waals surface area contributed by atoms with Crippen molar-refractivity contribution in [1.82, 2.24) is 15.1 Å². The number of aliphatic hydroxyl groups is 1. The molecule has 1 unspecified atom stereocenters. The fourth-order valence-electron chi connectivity index (χ4n) is 2.79. The molecule has 106 valence electrons. The highest BCUT2D eigenvalue weighted by atomic mass is 16.3. The van der Waals surface area contributed by atoms with Gasteiger partial charge in [0.1, 0.15) is 0 Å². The van der Waals surface area contributed by atoms with Crippen LogP contribution in [0.25, 0.3) is 0 Å². The minimum Gasteiger partial charge on any atom is -0.391 e. The molecule has 0 aromatic carbocycles. The molecule has 2 N–H and O–H groups in total. The Kier molecular flexibility index (Phi) is 4.58. The van der Waals surface area contributed by atoms with Crippen LogP contribution in [0, 0.1) is 5.92 Å². The Morgan fingerprint density at radius 1 is 1.58 bits per heavy atom. The number of aryl methyl sites for hydroxylation is 2. The topological polar surface area (TPSA) is 67.2 Å². The molecule has 1 aliphatic rings. The molecule has 0 aliphatic heterocycles. The van der Waals surface area contributed by atoms with Gasteiger partial charge in [0.2, 0.25) is 0 Å². The molecule has 0 radical (unpaired) electrons. The zero-order valence-corrected chi connectivity index (χ0v) is 11.7. The number of carbonyl (C=O) groups is 1. The normalized spacial score (nSPS) is 17.6. The third kappa shape index (κ3) is 3.35. The molecule has 2 rings (SSSR count). The van der Waals surface area contributed by atoms with Crippen molar-refractivity contribution >= 4 is 5.91 Å². The Hall–Kier alpha value is -1.36. The van der Waals surface area contributed by atoms with E-state index in [0.29, 0.717) is 18.0 Å². The molecule has 1 heterocycles. The first kappa shape index (κ1) is 14.1. The van der Waals surface area contributed by atoms with Gasteiger partial charge in [0.25, 0.3) is 5.91 Å². The van der Waals surface area contributed by atoms with Crippen molar-refractivity contribution in [3.05, 3.63) is 17.5 Å². The van der Waals surface area contributed by atoms with Crippen molar-refractivity contribution in [3.8, 4) is 0 Å². The molecule has 5 heteroatoms. The molecule has 1 atom stereocenters. The summed E-state index contributed by atoms with van der Waals surface area (Å²) >= 11 is 0. The maximum Gasteiger partial charge on any atom is 0.254 e. The van der Waals surface area contributed by atoms with E-state index in [1.807, 2.05) is 14.0 Å². The zero-order chi connectivity index (χ0) is 13.8. The second-order valence-electron chi connectivity index (χ2n) is 5.34. The Bertz CT molecular complexity index is 436. The van der Waals surface area contributed by atoms with Crippen molar-refractivity contribution in [2.75, 3.05) is 6.54 Å². The third-order valence-electron chi connectivity index (χ3n) is 3.90. The zero-order valence-electron chi connectivity index (χ0n) is 11.7. The van der Waals surface area contributed by atoms with E-state index in [1.165, 1.54) is 12.8 Å². The molecule has 0 spiro atoms. The van der Waals surface area contributed by atoms with E-state index in [2.05, 4.69) is 10.4 Å². The first-order valence-corrected chi connectivity index (χ1v) is 7.10. The van der Waals surface area contributed by atoms with Crippen molar-refractivity contribution in [1.29, 1.82) is 0 Å². The molecule has 1 saturated carbocycles. The largest absolute Gasteiger partial charge is 0.391 e. The Labute approximate surface area is 114 Å². The van der Waals surface area contributed by atoms with Crippen molar-refractivity contribution < 1.29 is 9.90 Å². The molecule has 1 aromatic rings. The number of hydrogen-bond donors (Lipinski definition) is 2. The molecule has 1 amide bonds. The van der Waals surface area contributed by atoms with Gasteiger partial charge in [-0.05, 0) is 25.2 Å². The maximum atomic E-state index is 12.1. The lowest BCUT2D eigenvalue weighted by Crippen LogP contribution is -2.35. The maximum absolute atomic E-state index is 12.1. The number of nitrogens with one attached hydrogen (secondary N) is 1. The van der Waals surface area contributed by atoms with E-state index < -0.39 is 6.10 Å². The molecule has 0 saturated heterocycles. The highest BCUT2D eigenvalue weighted by Crippen LogP contribution is 2.27. The van der Waals surface area contributed by atoms with Crippen LogP contribution in [-0.2, 0) is 13.5 Å². The minimum absolute atomic E-state index is 0.137. The van der Waals surface area contributed by atoms with E-state index in [-0.39, 0.29) is 5.91 Å². The van der Waals surface area contributed by atoms with Gasteiger partial charge in [-0.2, -0.15) is 5.10 Å². The summed E-state index contributed by atoms with van der Waals surface area (Å²) in [7, 11) is 1.81. The van der Waals surface area contributed by atoms with Gasteiger partial charge in [-0.15, -0.1) is 0 Å². The van der Waals surface area contributed by atoms with Crippen LogP contribution in [0.1, 0.15) is 48.7 Å². The standard InChI is InChI=1S/C14H23N3O2/c1-3-12-11(9-17(2)16-12)14(19)15-8-13(18)10-6-4-5-7-10/h9-10,13,18H,3-8H2,1-2H3,(H,15,19). The summed E-state index contributed by atoms with van der Waals surface area (Å²) in [6.07, 6.45) is 6.57. The fraction of sp³-hybridized carbons (Fsp3) is 0.714. The van der Waals surface area contributed by atoms with E-state index in [4.69, 9.17) is 0 Å².